The van der Waals surface area contributed by atoms with Gasteiger partial charge in [-0.25, -0.2) is 4.99 Å². The predicted octanol–water partition coefficient (Wildman–Crippen LogP) is 2.66. The molecular formula is C24H21N5O5. The normalized spacial score (nSPS) is 20.6. The van der Waals surface area contributed by atoms with Crippen LogP contribution in [0.1, 0.15) is 35.3 Å². The molecule has 1 fully saturated rings. The van der Waals surface area contributed by atoms with Crippen LogP contribution in [0.25, 0.3) is 5.70 Å². The first kappa shape index (κ1) is 22.8. The third-order valence-corrected chi connectivity index (χ3v) is 5.50. The number of aliphatic imine (C=N–C) groups is 1. The van der Waals surface area contributed by atoms with Crippen LogP contribution >= 0.6 is 0 Å². The van der Waals surface area contributed by atoms with Gasteiger partial charge < -0.3 is 15.0 Å². The van der Waals surface area contributed by atoms with Crippen molar-refractivity contribution < 1.29 is 19.2 Å². The molecule has 0 spiro atoms. The van der Waals surface area contributed by atoms with Gasteiger partial charge in [0.2, 0.25) is 0 Å². The number of rotatable bonds is 3. The molecule has 0 bridgehead atoms. The number of nitrogens with zero attached hydrogens (tertiary/aromatic N) is 4. The molecule has 34 heavy (non-hydrogen) atoms. The number of amides is 2. The van der Waals surface area contributed by atoms with Crippen LogP contribution in [0.5, 0.6) is 0 Å². The van der Waals surface area contributed by atoms with E-state index in [9.17, 15) is 25.0 Å². The second kappa shape index (κ2) is 9.25. The van der Waals surface area contributed by atoms with Gasteiger partial charge in [-0.05, 0) is 26.0 Å². The van der Waals surface area contributed by atoms with E-state index in [1.54, 1.807) is 29.2 Å². The third-order valence-electron chi connectivity index (χ3n) is 5.50. The molecule has 2 heterocycles. The lowest BCUT2D eigenvalue weighted by Gasteiger charge is -2.35. The van der Waals surface area contributed by atoms with Crippen LogP contribution in [0.2, 0.25) is 0 Å². The molecule has 10 heteroatoms. The van der Waals surface area contributed by atoms with Crippen LogP contribution in [0.15, 0.2) is 59.1 Å². The standard InChI is InChI=1S/C24H21N5O5/c1-14-12-28(13-15(2)34-14)24(31)20(11-25)21-18-5-3-4-6-19(18)22(26-21)27-23(30)16-7-9-17(10-8-16)29(32)33/h3-10,14-15H,12-13H2,1-2H3,(H,26,27,30)/b21-20-/t14-,15-/m0/s1. The van der Waals surface area contributed by atoms with Crippen LogP contribution < -0.4 is 5.32 Å². The van der Waals surface area contributed by atoms with Gasteiger partial charge in [-0.2, -0.15) is 5.26 Å². The van der Waals surface area contributed by atoms with E-state index < -0.39 is 16.7 Å². The Morgan fingerprint density at radius 2 is 1.74 bits per heavy atom. The molecule has 2 aliphatic heterocycles. The fourth-order valence-electron chi connectivity index (χ4n) is 4.03. The number of nitrogens with one attached hydrogen (secondary N) is 1. The number of ether oxygens (including phenoxy) is 1. The Hall–Kier alpha value is -4.36. The highest BCUT2D eigenvalue weighted by atomic mass is 16.6. The van der Waals surface area contributed by atoms with E-state index in [4.69, 9.17) is 4.74 Å². The number of hydrogen-bond acceptors (Lipinski definition) is 7. The fraction of sp³-hybridized carbons (Fsp3) is 0.250. The maximum absolute atomic E-state index is 13.2. The molecule has 1 saturated heterocycles. The van der Waals surface area contributed by atoms with Crippen LogP contribution in [-0.4, -0.2) is 52.8 Å². The summed E-state index contributed by atoms with van der Waals surface area (Å²) in [5.74, 6) is -0.774. The lowest BCUT2D eigenvalue weighted by Crippen LogP contribution is -2.48. The van der Waals surface area contributed by atoms with Crippen LogP contribution in [0.3, 0.4) is 0 Å². The number of nitro groups is 1. The average Bonchev–Trinajstić information content (AvgIpc) is 3.17. The number of morpholine rings is 1. The van der Waals surface area contributed by atoms with E-state index in [-0.39, 0.29) is 40.6 Å². The maximum Gasteiger partial charge on any atom is 0.269 e. The number of amidine groups is 1. The zero-order valence-electron chi connectivity index (χ0n) is 18.5. The first-order chi connectivity index (χ1) is 16.3. The molecule has 4 rings (SSSR count). The number of carbonyl (C=O) groups excluding carboxylic acids is 2. The summed E-state index contributed by atoms with van der Waals surface area (Å²) in [5, 5.41) is 23.4. The number of non-ortho nitro benzene ring substituents is 1. The smallest absolute Gasteiger partial charge is 0.269 e. The first-order valence-electron chi connectivity index (χ1n) is 10.6. The molecule has 0 aliphatic carbocycles. The largest absolute Gasteiger partial charge is 0.372 e. The van der Waals surface area contributed by atoms with Gasteiger partial charge in [0, 0.05) is 41.9 Å². The zero-order valence-corrected chi connectivity index (χ0v) is 18.5. The van der Waals surface area contributed by atoms with E-state index in [2.05, 4.69) is 10.3 Å². The first-order valence-corrected chi connectivity index (χ1v) is 10.6. The lowest BCUT2D eigenvalue weighted by molar-refractivity contribution is -0.384. The molecule has 0 saturated carbocycles. The summed E-state index contributed by atoms with van der Waals surface area (Å²) >= 11 is 0. The number of nitriles is 1. The van der Waals surface area contributed by atoms with Crippen molar-refractivity contribution in [3.63, 3.8) is 0 Å². The molecule has 172 valence electrons. The highest BCUT2D eigenvalue weighted by Crippen LogP contribution is 2.31. The fourth-order valence-corrected chi connectivity index (χ4v) is 4.03. The van der Waals surface area contributed by atoms with E-state index in [0.29, 0.717) is 24.2 Å². The Morgan fingerprint density at radius 1 is 1.12 bits per heavy atom. The summed E-state index contributed by atoms with van der Waals surface area (Å²) in [6.45, 7) is 4.45. The molecule has 1 N–H and O–H groups in total. The Balaban J connectivity index is 1.67. The Morgan fingerprint density at radius 3 is 2.32 bits per heavy atom. The summed E-state index contributed by atoms with van der Waals surface area (Å²) in [5.41, 5.74) is 1.27. The van der Waals surface area contributed by atoms with Crippen molar-refractivity contribution in [3.8, 4) is 6.07 Å². The van der Waals surface area contributed by atoms with Gasteiger partial charge in [-0.3, -0.25) is 19.7 Å². The van der Waals surface area contributed by atoms with Gasteiger partial charge in [0.1, 0.15) is 17.5 Å². The molecule has 2 aliphatic rings. The third kappa shape index (κ3) is 4.42. The van der Waals surface area contributed by atoms with Gasteiger partial charge >= 0.3 is 0 Å². The van der Waals surface area contributed by atoms with E-state index in [1.165, 1.54) is 24.3 Å². The molecule has 0 radical (unpaired) electrons. The highest BCUT2D eigenvalue weighted by molar-refractivity contribution is 6.20. The number of carbonyl (C=O) groups is 2. The van der Waals surface area contributed by atoms with Gasteiger partial charge in [0.05, 0.1) is 22.8 Å². The Kier molecular flexibility index (Phi) is 6.21. The molecule has 2 aromatic rings. The quantitative estimate of drug-likeness (QED) is 0.324. The summed E-state index contributed by atoms with van der Waals surface area (Å²) in [6, 6.07) is 14.1. The number of fused-ring (bicyclic) bond motifs is 1. The zero-order chi connectivity index (χ0) is 24.4. The van der Waals surface area contributed by atoms with Crippen molar-refractivity contribution in [1.82, 2.24) is 10.2 Å². The van der Waals surface area contributed by atoms with Crippen molar-refractivity contribution in [2.75, 3.05) is 13.1 Å². The minimum Gasteiger partial charge on any atom is -0.372 e. The molecule has 2 aromatic carbocycles. The van der Waals surface area contributed by atoms with E-state index >= 15 is 0 Å². The van der Waals surface area contributed by atoms with E-state index in [1.807, 2.05) is 19.9 Å². The summed E-state index contributed by atoms with van der Waals surface area (Å²) in [4.78, 5) is 42.3. The second-order valence-corrected chi connectivity index (χ2v) is 8.07. The molecule has 2 amide bonds. The maximum atomic E-state index is 13.2. The summed E-state index contributed by atoms with van der Waals surface area (Å²) < 4.78 is 5.68. The van der Waals surface area contributed by atoms with Gasteiger partial charge in [0.25, 0.3) is 17.5 Å². The Bertz CT molecular complexity index is 1270. The van der Waals surface area contributed by atoms with Crippen molar-refractivity contribution in [2.24, 2.45) is 4.99 Å². The number of nitro benzene ring substituents is 1. The predicted molar refractivity (Wildman–Crippen MR) is 123 cm³/mol. The van der Waals surface area contributed by atoms with Crippen molar-refractivity contribution in [1.29, 1.82) is 5.26 Å². The van der Waals surface area contributed by atoms with Crippen molar-refractivity contribution in [2.45, 2.75) is 26.1 Å². The lowest BCUT2D eigenvalue weighted by atomic mass is 10.0. The van der Waals surface area contributed by atoms with Crippen LogP contribution in [0, 0.1) is 21.4 Å². The van der Waals surface area contributed by atoms with Crippen LogP contribution in [-0.2, 0) is 9.53 Å². The molecule has 10 nitrogen and oxygen atoms in total. The molecule has 2 atom stereocenters. The van der Waals surface area contributed by atoms with Gasteiger partial charge in [-0.1, -0.05) is 24.3 Å². The minimum absolute atomic E-state index is 0.117. The molecule has 0 aromatic heterocycles. The summed E-state index contributed by atoms with van der Waals surface area (Å²) in [6.07, 6.45) is -0.317. The molecular weight excluding hydrogens is 438 g/mol. The van der Waals surface area contributed by atoms with Gasteiger partial charge in [-0.15, -0.1) is 0 Å². The van der Waals surface area contributed by atoms with Crippen LogP contribution in [0.4, 0.5) is 5.69 Å². The summed E-state index contributed by atoms with van der Waals surface area (Å²) in [7, 11) is 0. The second-order valence-electron chi connectivity index (χ2n) is 8.07. The number of benzene rings is 2. The van der Waals surface area contributed by atoms with Crippen molar-refractivity contribution >= 4 is 29.0 Å². The monoisotopic (exact) mass is 459 g/mol. The average molecular weight is 459 g/mol. The Labute approximate surface area is 195 Å². The van der Waals surface area contributed by atoms with E-state index in [0.717, 1.165) is 0 Å². The topological polar surface area (TPSA) is 138 Å². The SMILES string of the molecule is C[C@H]1CN(C(=O)/C(C#N)=C2\N=C(NC(=O)c3ccc([N+](=O)[O-])cc3)c3ccccc32)C[C@H](C)O1. The highest BCUT2D eigenvalue weighted by Gasteiger charge is 2.32. The molecule has 0 unspecified atom stereocenters. The van der Waals surface area contributed by atoms with Gasteiger partial charge in [0.15, 0.2) is 0 Å². The minimum atomic E-state index is -0.549. The van der Waals surface area contributed by atoms with Crippen molar-refractivity contribution in [3.05, 3.63) is 80.9 Å². The number of hydrogen-bond donors (Lipinski definition) is 1.